The van der Waals surface area contributed by atoms with E-state index in [4.69, 9.17) is 4.74 Å². The first-order chi connectivity index (χ1) is 10.4. The average molecular weight is 340 g/mol. The lowest BCUT2D eigenvalue weighted by molar-refractivity contribution is -0.0441. The highest BCUT2D eigenvalue weighted by atomic mass is 32.2. The molecule has 2 rings (SSSR count). The van der Waals surface area contributed by atoms with Crippen molar-refractivity contribution in [3.8, 4) is 0 Å². The van der Waals surface area contributed by atoms with Gasteiger partial charge in [-0.15, -0.1) is 0 Å². The molecule has 1 fully saturated rings. The van der Waals surface area contributed by atoms with Crippen LogP contribution in [0.2, 0.25) is 0 Å². The van der Waals surface area contributed by atoms with Crippen LogP contribution in [-0.4, -0.2) is 38.0 Å². The second kappa shape index (κ2) is 6.19. The second-order valence-corrected chi connectivity index (χ2v) is 9.64. The summed E-state index contributed by atoms with van der Waals surface area (Å²) in [7, 11) is -3.50. The molecule has 1 aromatic carbocycles. The first-order valence-electron chi connectivity index (χ1n) is 8.20. The molecule has 2 atom stereocenters. The van der Waals surface area contributed by atoms with Gasteiger partial charge in [-0.3, -0.25) is 0 Å². The van der Waals surface area contributed by atoms with Crippen LogP contribution in [0.25, 0.3) is 0 Å². The van der Waals surface area contributed by atoms with E-state index < -0.39 is 10.0 Å². The summed E-state index contributed by atoms with van der Waals surface area (Å²) in [6.45, 7) is 14.9. The van der Waals surface area contributed by atoms with E-state index in [1.54, 1.807) is 4.31 Å². The average Bonchev–Trinajstić information content (AvgIpc) is 2.35. The Kier molecular flexibility index (Phi) is 4.96. The Morgan fingerprint density at radius 1 is 1.04 bits per heavy atom. The number of sulfonamides is 1. The monoisotopic (exact) mass is 339 g/mol. The van der Waals surface area contributed by atoms with Gasteiger partial charge in [0.25, 0.3) is 0 Å². The van der Waals surface area contributed by atoms with E-state index in [9.17, 15) is 8.42 Å². The number of ether oxygens (including phenoxy) is 1. The van der Waals surface area contributed by atoms with Crippen molar-refractivity contribution >= 4 is 10.0 Å². The Morgan fingerprint density at radius 3 is 1.87 bits per heavy atom. The van der Waals surface area contributed by atoms with Crippen molar-refractivity contribution in [2.45, 2.75) is 71.0 Å². The highest BCUT2D eigenvalue weighted by Gasteiger charge is 2.34. The topological polar surface area (TPSA) is 46.6 Å². The van der Waals surface area contributed by atoms with Gasteiger partial charge in [-0.25, -0.2) is 8.42 Å². The summed E-state index contributed by atoms with van der Waals surface area (Å²) < 4.78 is 33.5. The Bertz CT molecular complexity index is 656. The molecular weight excluding hydrogens is 310 g/mol. The molecule has 0 bridgehead atoms. The first-order valence-corrected chi connectivity index (χ1v) is 9.64. The molecule has 130 valence electrons. The molecule has 0 aromatic heterocycles. The number of benzene rings is 1. The Hall–Kier alpha value is -0.910. The lowest BCUT2D eigenvalue weighted by atomic mass is 9.85. The van der Waals surface area contributed by atoms with Crippen molar-refractivity contribution in [2.75, 3.05) is 13.1 Å². The second-order valence-electron chi connectivity index (χ2n) is 7.77. The predicted molar refractivity (Wildman–Crippen MR) is 93.4 cm³/mol. The van der Waals surface area contributed by atoms with Crippen LogP contribution in [0.15, 0.2) is 17.0 Å². The molecule has 0 unspecified atom stereocenters. The number of rotatable bonds is 2. The number of aryl methyl sites for hydroxylation is 2. The van der Waals surface area contributed by atoms with Gasteiger partial charge >= 0.3 is 0 Å². The molecule has 0 saturated carbocycles. The highest BCUT2D eigenvalue weighted by Crippen LogP contribution is 2.31. The van der Waals surface area contributed by atoms with E-state index in [0.717, 1.165) is 16.7 Å². The highest BCUT2D eigenvalue weighted by molar-refractivity contribution is 7.89. The molecular formula is C18H29NO3S. The fourth-order valence-corrected chi connectivity index (χ4v) is 5.25. The standard InChI is InChI=1S/C18H29NO3S/c1-12-8-16(18(5,6)7)9-13(2)17(12)23(20,21)19-10-14(3)22-15(4)11-19/h8-9,14-15H,10-11H2,1-7H3/t14-,15+. The van der Waals surface area contributed by atoms with Gasteiger partial charge < -0.3 is 4.74 Å². The van der Waals surface area contributed by atoms with Gasteiger partial charge in [-0.2, -0.15) is 4.31 Å². The molecule has 1 aliphatic heterocycles. The molecule has 1 aliphatic rings. The molecule has 0 amide bonds. The van der Waals surface area contributed by atoms with Crippen LogP contribution in [0.5, 0.6) is 0 Å². The number of nitrogens with zero attached hydrogens (tertiary/aromatic N) is 1. The molecule has 4 nitrogen and oxygen atoms in total. The van der Waals surface area contributed by atoms with Crippen molar-refractivity contribution in [1.82, 2.24) is 4.31 Å². The van der Waals surface area contributed by atoms with Crippen LogP contribution in [0.4, 0.5) is 0 Å². The van der Waals surface area contributed by atoms with Gasteiger partial charge in [0.15, 0.2) is 0 Å². The minimum atomic E-state index is -3.50. The minimum absolute atomic E-state index is 0.000194. The SMILES string of the molecule is Cc1cc(C(C)(C)C)cc(C)c1S(=O)(=O)N1C[C@@H](C)O[C@@H](C)C1. The molecule has 0 spiro atoms. The summed E-state index contributed by atoms with van der Waals surface area (Å²) in [5, 5.41) is 0. The lowest BCUT2D eigenvalue weighted by Crippen LogP contribution is -2.48. The zero-order chi connectivity index (χ0) is 17.6. The number of morpholine rings is 1. The van der Waals surface area contributed by atoms with E-state index in [-0.39, 0.29) is 17.6 Å². The van der Waals surface area contributed by atoms with Crippen LogP contribution in [0.1, 0.15) is 51.3 Å². The maximum atomic E-state index is 13.2. The van der Waals surface area contributed by atoms with Gasteiger partial charge in [0.1, 0.15) is 0 Å². The summed E-state index contributed by atoms with van der Waals surface area (Å²) in [5.74, 6) is 0. The molecule has 0 aliphatic carbocycles. The molecule has 1 aromatic rings. The first kappa shape index (κ1) is 18.4. The number of hydrogen-bond donors (Lipinski definition) is 0. The predicted octanol–water partition coefficient (Wildman–Crippen LogP) is 3.40. The fraction of sp³-hybridized carbons (Fsp3) is 0.667. The van der Waals surface area contributed by atoms with Gasteiger partial charge in [-0.05, 0) is 49.8 Å². The molecule has 1 heterocycles. The van der Waals surface area contributed by atoms with Crippen molar-refractivity contribution in [3.63, 3.8) is 0 Å². The van der Waals surface area contributed by atoms with E-state index in [2.05, 4.69) is 20.8 Å². The summed E-state index contributed by atoms with van der Waals surface area (Å²) >= 11 is 0. The van der Waals surface area contributed by atoms with Crippen molar-refractivity contribution < 1.29 is 13.2 Å². The third-order valence-electron chi connectivity index (χ3n) is 4.31. The van der Waals surface area contributed by atoms with Crippen LogP contribution in [-0.2, 0) is 20.2 Å². The van der Waals surface area contributed by atoms with Crippen LogP contribution >= 0.6 is 0 Å². The normalized spacial score (nSPS) is 24.0. The fourth-order valence-electron chi connectivity index (χ4n) is 3.25. The van der Waals surface area contributed by atoms with Gasteiger partial charge in [0.2, 0.25) is 10.0 Å². The zero-order valence-electron chi connectivity index (χ0n) is 15.3. The quantitative estimate of drug-likeness (QED) is 0.829. The Labute approximate surface area is 140 Å². The van der Waals surface area contributed by atoms with Crippen molar-refractivity contribution in [3.05, 3.63) is 28.8 Å². The van der Waals surface area contributed by atoms with Crippen molar-refractivity contribution in [1.29, 1.82) is 0 Å². The maximum Gasteiger partial charge on any atom is 0.243 e. The molecule has 23 heavy (non-hydrogen) atoms. The third kappa shape index (κ3) is 3.78. The summed E-state index contributed by atoms with van der Waals surface area (Å²) in [6.07, 6.45) is -0.161. The lowest BCUT2D eigenvalue weighted by Gasteiger charge is -2.35. The van der Waals surface area contributed by atoms with Gasteiger partial charge in [0.05, 0.1) is 17.1 Å². The Morgan fingerprint density at radius 2 is 1.48 bits per heavy atom. The minimum Gasteiger partial charge on any atom is -0.373 e. The van der Waals surface area contributed by atoms with E-state index >= 15 is 0 Å². The largest absolute Gasteiger partial charge is 0.373 e. The van der Waals surface area contributed by atoms with Gasteiger partial charge in [0, 0.05) is 13.1 Å². The zero-order valence-corrected chi connectivity index (χ0v) is 16.1. The smallest absolute Gasteiger partial charge is 0.243 e. The van der Waals surface area contributed by atoms with Crippen LogP contribution in [0.3, 0.4) is 0 Å². The molecule has 1 saturated heterocycles. The molecule has 0 N–H and O–H groups in total. The van der Waals surface area contributed by atoms with E-state index in [1.807, 2.05) is 39.8 Å². The van der Waals surface area contributed by atoms with Crippen LogP contribution < -0.4 is 0 Å². The van der Waals surface area contributed by atoms with Gasteiger partial charge in [-0.1, -0.05) is 32.9 Å². The summed E-state index contributed by atoms with van der Waals surface area (Å²) in [5.41, 5.74) is 2.80. The van der Waals surface area contributed by atoms with Crippen LogP contribution in [0, 0.1) is 13.8 Å². The third-order valence-corrected chi connectivity index (χ3v) is 6.45. The molecule has 5 heteroatoms. The Balaban J connectivity index is 2.48. The molecule has 0 radical (unpaired) electrons. The summed E-state index contributed by atoms with van der Waals surface area (Å²) in [4.78, 5) is 0.451. The van der Waals surface area contributed by atoms with E-state index in [0.29, 0.717) is 18.0 Å². The summed E-state index contributed by atoms with van der Waals surface area (Å²) in [6, 6.07) is 4.01. The van der Waals surface area contributed by atoms with E-state index in [1.165, 1.54) is 0 Å². The van der Waals surface area contributed by atoms with Crippen molar-refractivity contribution in [2.24, 2.45) is 0 Å². The maximum absolute atomic E-state index is 13.2. The number of hydrogen-bond acceptors (Lipinski definition) is 3.